The minimum atomic E-state index is -0.389. The molecule has 0 radical (unpaired) electrons. The van der Waals surface area contributed by atoms with Crippen LogP contribution in [0.25, 0.3) is 0 Å². The second kappa shape index (κ2) is 5.24. The van der Waals surface area contributed by atoms with Gasteiger partial charge in [0.15, 0.2) is 0 Å². The molecule has 94 valence electrons. The van der Waals surface area contributed by atoms with Gasteiger partial charge in [0.25, 0.3) is 5.56 Å². The number of hydrogen-bond donors (Lipinski definition) is 1. The van der Waals surface area contributed by atoms with Crippen molar-refractivity contribution in [2.75, 3.05) is 5.32 Å². The lowest BCUT2D eigenvalue weighted by molar-refractivity contribution is 0.630. The summed E-state index contributed by atoms with van der Waals surface area (Å²) in [6.07, 6.45) is 0. The molecule has 0 aliphatic heterocycles. The maximum atomic E-state index is 13.7. The summed E-state index contributed by atoms with van der Waals surface area (Å²) in [5, 5.41) is 2.88. The zero-order valence-electron chi connectivity index (χ0n) is 9.38. The lowest BCUT2D eigenvalue weighted by Crippen LogP contribution is -2.19. The number of hydrogen-bond acceptors (Lipinski definition) is 2. The van der Waals surface area contributed by atoms with Crippen LogP contribution in [0.3, 0.4) is 0 Å². The summed E-state index contributed by atoms with van der Waals surface area (Å²) >= 11 is 6.34. The van der Waals surface area contributed by atoms with E-state index < -0.39 is 0 Å². The molecule has 2 rings (SSSR count). The van der Waals surface area contributed by atoms with Crippen LogP contribution in [-0.2, 0) is 7.05 Å². The van der Waals surface area contributed by atoms with Crippen molar-refractivity contribution >= 4 is 43.4 Å². The number of nitrogens with one attached hydrogen (secondary N) is 1. The number of pyridine rings is 1. The van der Waals surface area contributed by atoms with Crippen LogP contribution < -0.4 is 10.9 Å². The van der Waals surface area contributed by atoms with E-state index in [1.165, 1.54) is 10.6 Å². The zero-order chi connectivity index (χ0) is 13.3. The molecule has 3 nitrogen and oxygen atoms in total. The highest BCUT2D eigenvalue weighted by Gasteiger charge is 2.07. The molecule has 6 heteroatoms. The van der Waals surface area contributed by atoms with E-state index in [2.05, 4.69) is 37.2 Å². The molecule has 0 spiro atoms. The SMILES string of the molecule is Cn1c(Nc2ccc(Br)cc2F)ccc(Br)c1=O. The molecule has 0 aliphatic carbocycles. The third kappa shape index (κ3) is 2.64. The Morgan fingerprint density at radius 1 is 1.22 bits per heavy atom. The van der Waals surface area contributed by atoms with E-state index >= 15 is 0 Å². The van der Waals surface area contributed by atoms with E-state index in [1.807, 2.05) is 0 Å². The van der Waals surface area contributed by atoms with Gasteiger partial charge in [-0.2, -0.15) is 0 Å². The van der Waals surface area contributed by atoms with E-state index in [0.29, 0.717) is 20.5 Å². The summed E-state index contributed by atoms with van der Waals surface area (Å²) in [4.78, 5) is 11.7. The van der Waals surface area contributed by atoms with Crippen molar-refractivity contribution in [3.8, 4) is 0 Å². The van der Waals surface area contributed by atoms with Gasteiger partial charge in [-0.15, -0.1) is 0 Å². The van der Waals surface area contributed by atoms with Crippen LogP contribution in [0.4, 0.5) is 15.9 Å². The number of benzene rings is 1. The minimum Gasteiger partial charge on any atom is -0.339 e. The van der Waals surface area contributed by atoms with Crippen LogP contribution >= 0.6 is 31.9 Å². The molecular formula is C12H9Br2FN2O. The fourth-order valence-corrected chi connectivity index (χ4v) is 2.19. The van der Waals surface area contributed by atoms with E-state index in [0.717, 1.165) is 0 Å². The summed E-state index contributed by atoms with van der Waals surface area (Å²) < 4.78 is 16.2. The van der Waals surface area contributed by atoms with Crippen LogP contribution in [0.2, 0.25) is 0 Å². The van der Waals surface area contributed by atoms with Gasteiger partial charge in [-0.1, -0.05) is 15.9 Å². The van der Waals surface area contributed by atoms with Gasteiger partial charge < -0.3 is 5.32 Å². The molecule has 0 fully saturated rings. The number of nitrogens with zero attached hydrogens (tertiary/aromatic N) is 1. The van der Waals surface area contributed by atoms with Crippen LogP contribution in [0.5, 0.6) is 0 Å². The first-order valence-corrected chi connectivity index (χ1v) is 6.65. The number of rotatable bonds is 2. The van der Waals surface area contributed by atoms with Gasteiger partial charge in [0.05, 0.1) is 10.2 Å². The fourth-order valence-electron chi connectivity index (χ4n) is 1.46. The van der Waals surface area contributed by atoms with Crippen LogP contribution in [-0.4, -0.2) is 4.57 Å². The Balaban J connectivity index is 2.40. The smallest absolute Gasteiger partial charge is 0.266 e. The van der Waals surface area contributed by atoms with Gasteiger partial charge in [-0.05, 0) is 46.3 Å². The third-order valence-electron chi connectivity index (χ3n) is 2.45. The molecule has 18 heavy (non-hydrogen) atoms. The highest BCUT2D eigenvalue weighted by atomic mass is 79.9. The molecule has 0 atom stereocenters. The molecule has 1 aromatic heterocycles. The van der Waals surface area contributed by atoms with Crippen molar-refractivity contribution in [3.05, 3.63) is 55.4 Å². The number of aromatic nitrogens is 1. The number of halogens is 3. The van der Waals surface area contributed by atoms with Crippen molar-refractivity contribution in [2.24, 2.45) is 7.05 Å². The lowest BCUT2D eigenvalue weighted by Gasteiger charge is -2.12. The van der Waals surface area contributed by atoms with E-state index in [4.69, 9.17) is 0 Å². The van der Waals surface area contributed by atoms with Crippen LogP contribution in [0.1, 0.15) is 0 Å². The monoisotopic (exact) mass is 374 g/mol. The molecule has 1 heterocycles. The molecule has 0 saturated heterocycles. The van der Waals surface area contributed by atoms with Gasteiger partial charge in [0, 0.05) is 11.5 Å². The summed E-state index contributed by atoms with van der Waals surface area (Å²) in [6.45, 7) is 0. The van der Waals surface area contributed by atoms with E-state index in [9.17, 15) is 9.18 Å². The largest absolute Gasteiger partial charge is 0.339 e. The van der Waals surface area contributed by atoms with Crippen molar-refractivity contribution in [1.82, 2.24) is 4.57 Å². The summed E-state index contributed by atoms with van der Waals surface area (Å²) in [7, 11) is 1.62. The van der Waals surface area contributed by atoms with Crippen LogP contribution in [0.15, 0.2) is 44.1 Å². The highest BCUT2D eigenvalue weighted by Crippen LogP contribution is 2.22. The van der Waals surface area contributed by atoms with Gasteiger partial charge >= 0.3 is 0 Å². The second-order valence-electron chi connectivity index (χ2n) is 3.68. The first kappa shape index (κ1) is 13.3. The Labute approximate surface area is 120 Å². The Bertz CT molecular complexity index is 655. The van der Waals surface area contributed by atoms with Crippen molar-refractivity contribution < 1.29 is 4.39 Å². The van der Waals surface area contributed by atoms with Gasteiger partial charge in [0.2, 0.25) is 0 Å². The maximum Gasteiger partial charge on any atom is 0.266 e. The quantitative estimate of drug-likeness (QED) is 0.866. The Hall–Kier alpha value is -1.14. The summed E-state index contributed by atoms with van der Waals surface area (Å²) in [5.41, 5.74) is 0.132. The molecule has 0 bridgehead atoms. The summed E-state index contributed by atoms with van der Waals surface area (Å²) in [6, 6.07) is 8.02. The van der Waals surface area contributed by atoms with Gasteiger partial charge in [-0.25, -0.2) is 4.39 Å². The first-order chi connectivity index (χ1) is 8.49. The Morgan fingerprint density at radius 3 is 2.61 bits per heavy atom. The van der Waals surface area contributed by atoms with Gasteiger partial charge in [-0.3, -0.25) is 9.36 Å². The predicted molar refractivity (Wildman–Crippen MR) is 76.8 cm³/mol. The van der Waals surface area contributed by atoms with Crippen molar-refractivity contribution in [2.45, 2.75) is 0 Å². The standard InChI is InChI=1S/C12H9Br2FN2O/c1-17-11(5-3-8(14)12(17)18)16-10-4-2-7(13)6-9(10)15/h2-6,16H,1H3. The molecule has 2 aromatic rings. The Kier molecular flexibility index (Phi) is 3.87. The van der Waals surface area contributed by atoms with E-state index in [-0.39, 0.29) is 11.4 Å². The summed E-state index contributed by atoms with van der Waals surface area (Å²) in [5.74, 6) is 0.129. The maximum absolute atomic E-state index is 13.7. The lowest BCUT2D eigenvalue weighted by atomic mass is 10.3. The zero-order valence-corrected chi connectivity index (χ0v) is 12.5. The highest BCUT2D eigenvalue weighted by molar-refractivity contribution is 9.10. The van der Waals surface area contributed by atoms with Crippen molar-refractivity contribution in [3.63, 3.8) is 0 Å². The van der Waals surface area contributed by atoms with Gasteiger partial charge in [0.1, 0.15) is 11.6 Å². The molecule has 0 aliphatic rings. The average molecular weight is 376 g/mol. The van der Waals surface area contributed by atoms with Crippen LogP contribution in [0, 0.1) is 5.82 Å². The third-order valence-corrected chi connectivity index (χ3v) is 3.55. The predicted octanol–water partition coefficient (Wildman–Crippen LogP) is 3.79. The van der Waals surface area contributed by atoms with E-state index in [1.54, 1.807) is 31.3 Å². The fraction of sp³-hybridized carbons (Fsp3) is 0.0833. The molecule has 0 amide bonds. The molecule has 1 N–H and O–H groups in total. The molecule has 1 aromatic carbocycles. The second-order valence-corrected chi connectivity index (χ2v) is 5.45. The minimum absolute atomic E-state index is 0.183. The average Bonchev–Trinajstić information content (AvgIpc) is 2.33. The topological polar surface area (TPSA) is 34.0 Å². The first-order valence-electron chi connectivity index (χ1n) is 5.06. The molecule has 0 unspecified atom stereocenters. The van der Waals surface area contributed by atoms with Crippen molar-refractivity contribution in [1.29, 1.82) is 0 Å². The number of anilines is 2. The molecule has 0 saturated carbocycles. The molecular weight excluding hydrogens is 367 g/mol. The normalized spacial score (nSPS) is 10.4. The Morgan fingerprint density at radius 2 is 1.94 bits per heavy atom.